The minimum Gasteiger partial charge on any atom is -0.372 e. The molecule has 0 aliphatic rings. The Kier molecular flexibility index (Phi) is 5.23. The highest BCUT2D eigenvalue weighted by Gasteiger charge is 2.10. The van der Waals surface area contributed by atoms with Crippen molar-refractivity contribution in [2.75, 3.05) is 18.0 Å². The fraction of sp³-hybridized carbons (Fsp3) is 0.316. The van der Waals surface area contributed by atoms with Gasteiger partial charge in [0.2, 0.25) is 0 Å². The molecule has 3 aromatic rings. The number of rotatable bonds is 7. The highest BCUT2D eigenvalue weighted by molar-refractivity contribution is 7.98. The summed E-state index contributed by atoms with van der Waals surface area (Å²) in [6, 6.07) is 16.9. The van der Waals surface area contributed by atoms with Gasteiger partial charge in [-0.25, -0.2) is 4.98 Å². The summed E-state index contributed by atoms with van der Waals surface area (Å²) in [5.74, 6) is 0.927. The Hall–Kier alpha value is -1.94. The average Bonchev–Trinajstić information content (AvgIpc) is 3.01. The molecule has 0 radical (unpaired) electrons. The second-order valence-corrected chi connectivity index (χ2v) is 6.52. The third-order valence-corrected chi connectivity index (χ3v) is 4.86. The second-order valence-electron chi connectivity index (χ2n) is 5.56. The molecule has 1 aromatic heterocycles. The van der Waals surface area contributed by atoms with Crippen molar-refractivity contribution in [1.29, 1.82) is 0 Å². The van der Waals surface area contributed by atoms with Gasteiger partial charge in [0, 0.05) is 24.5 Å². The number of para-hydroxylation sites is 3. The Bertz CT molecular complexity index is 733. The summed E-state index contributed by atoms with van der Waals surface area (Å²) >= 11 is 1.77. The zero-order valence-electron chi connectivity index (χ0n) is 13.7. The molecule has 3 rings (SSSR count). The summed E-state index contributed by atoms with van der Waals surface area (Å²) in [6.07, 6.45) is 1.17. The van der Waals surface area contributed by atoms with Gasteiger partial charge < -0.3 is 9.88 Å². The number of fused-ring (bicyclic) bond motifs is 1. The summed E-state index contributed by atoms with van der Waals surface area (Å²) in [6.45, 7) is 6.59. The van der Waals surface area contributed by atoms with Crippen LogP contribution in [0.3, 0.4) is 0 Å². The van der Waals surface area contributed by atoms with Crippen molar-refractivity contribution >= 4 is 28.5 Å². The van der Waals surface area contributed by atoms with Crippen molar-refractivity contribution in [3.8, 4) is 0 Å². The first-order valence-corrected chi connectivity index (χ1v) is 9.20. The molecule has 120 valence electrons. The molecule has 1 heterocycles. The van der Waals surface area contributed by atoms with Crippen LogP contribution in [0, 0.1) is 0 Å². The van der Waals surface area contributed by atoms with E-state index < -0.39 is 0 Å². The zero-order chi connectivity index (χ0) is 16.1. The smallest absolute Gasteiger partial charge is 0.166 e. The van der Waals surface area contributed by atoms with Crippen molar-refractivity contribution in [2.24, 2.45) is 0 Å². The minimum absolute atomic E-state index is 0.927. The Balaban J connectivity index is 1.77. The first-order valence-electron chi connectivity index (χ1n) is 8.22. The summed E-state index contributed by atoms with van der Waals surface area (Å²) in [4.78, 5) is 10.5. The molecular formula is C19H23N3S. The minimum atomic E-state index is 0.927. The lowest BCUT2D eigenvalue weighted by Crippen LogP contribution is -2.24. The van der Waals surface area contributed by atoms with E-state index >= 15 is 0 Å². The fourth-order valence-electron chi connectivity index (χ4n) is 2.80. The van der Waals surface area contributed by atoms with Crippen molar-refractivity contribution in [3.05, 3.63) is 54.1 Å². The van der Waals surface area contributed by atoms with Gasteiger partial charge in [0.15, 0.2) is 5.16 Å². The number of nitrogens with zero attached hydrogens (tertiary/aromatic N) is 2. The molecule has 0 aliphatic heterocycles. The lowest BCUT2D eigenvalue weighted by Gasteiger charge is -2.25. The van der Waals surface area contributed by atoms with E-state index in [-0.39, 0.29) is 0 Å². The van der Waals surface area contributed by atoms with Crippen LogP contribution in [0.5, 0.6) is 0 Å². The van der Waals surface area contributed by atoms with Gasteiger partial charge in [0.25, 0.3) is 0 Å². The van der Waals surface area contributed by atoms with Gasteiger partial charge in [-0.05, 0) is 37.1 Å². The number of nitrogens with one attached hydrogen (secondary N) is 1. The molecule has 0 aliphatic carbocycles. The highest BCUT2D eigenvalue weighted by atomic mass is 32.2. The van der Waals surface area contributed by atoms with Gasteiger partial charge >= 0.3 is 0 Å². The maximum absolute atomic E-state index is 4.65. The maximum atomic E-state index is 4.65. The molecule has 0 spiro atoms. The molecule has 1 N–H and O–H groups in total. The molecule has 3 nitrogen and oxygen atoms in total. The van der Waals surface area contributed by atoms with E-state index in [9.17, 15) is 0 Å². The standard InChI is InChI=1S/C19H23N3S/c1-3-13-22(4-2)18-12-8-5-9-15(18)14-23-19-20-16-10-6-7-11-17(16)21-19/h5-12H,3-4,13-14H2,1-2H3,(H,20,21). The molecule has 0 saturated heterocycles. The van der Waals surface area contributed by atoms with Crippen molar-refractivity contribution in [2.45, 2.75) is 31.2 Å². The van der Waals surface area contributed by atoms with E-state index in [1.54, 1.807) is 11.8 Å². The van der Waals surface area contributed by atoms with Crippen molar-refractivity contribution in [1.82, 2.24) is 9.97 Å². The van der Waals surface area contributed by atoms with Crippen LogP contribution in [-0.4, -0.2) is 23.1 Å². The summed E-state index contributed by atoms with van der Waals surface area (Å²) in [5, 5.41) is 0.986. The van der Waals surface area contributed by atoms with Crippen LogP contribution in [0.1, 0.15) is 25.8 Å². The number of H-pyrrole nitrogens is 1. The number of thioether (sulfide) groups is 1. The van der Waals surface area contributed by atoms with Gasteiger partial charge in [0.1, 0.15) is 0 Å². The van der Waals surface area contributed by atoms with Gasteiger partial charge in [-0.1, -0.05) is 49.0 Å². The lowest BCUT2D eigenvalue weighted by atomic mass is 10.1. The molecule has 0 atom stereocenters. The van der Waals surface area contributed by atoms with E-state index in [0.717, 1.165) is 35.0 Å². The summed E-state index contributed by atoms with van der Waals surface area (Å²) < 4.78 is 0. The number of hydrogen-bond donors (Lipinski definition) is 1. The summed E-state index contributed by atoms with van der Waals surface area (Å²) in [5.41, 5.74) is 4.85. The topological polar surface area (TPSA) is 31.9 Å². The summed E-state index contributed by atoms with van der Waals surface area (Å²) in [7, 11) is 0. The molecule has 0 saturated carbocycles. The SMILES string of the molecule is CCCN(CC)c1ccccc1CSc1nc2ccccc2[nH]1. The van der Waals surface area contributed by atoms with E-state index in [0.29, 0.717) is 0 Å². The predicted molar refractivity (Wildman–Crippen MR) is 100 cm³/mol. The van der Waals surface area contributed by atoms with Crippen LogP contribution in [-0.2, 0) is 5.75 Å². The van der Waals surface area contributed by atoms with Gasteiger partial charge in [-0.3, -0.25) is 0 Å². The fourth-order valence-corrected chi connectivity index (χ4v) is 3.69. The molecule has 23 heavy (non-hydrogen) atoms. The number of imidazole rings is 1. The van der Waals surface area contributed by atoms with Crippen molar-refractivity contribution < 1.29 is 0 Å². The number of hydrogen-bond acceptors (Lipinski definition) is 3. The first kappa shape index (κ1) is 15.9. The monoisotopic (exact) mass is 325 g/mol. The van der Waals surface area contributed by atoms with Gasteiger partial charge in [-0.2, -0.15) is 0 Å². The molecule has 2 aromatic carbocycles. The van der Waals surface area contributed by atoms with Crippen LogP contribution >= 0.6 is 11.8 Å². The van der Waals surface area contributed by atoms with E-state index in [1.807, 2.05) is 18.2 Å². The van der Waals surface area contributed by atoms with Gasteiger partial charge in [0.05, 0.1) is 11.0 Å². The number of aromatic amines is 1. The third-order valence-electron chi connectivity index (χ3n) is 3.94. The van der Waals surface area contributed by atoms with E-state index in [4.69, 9.17) is 0 Å². The van der Waals surface area contributed by atoms with Crippen LogP contribution in [0.2, 0.25) is 0 Å². The molecule has 0 fully saturated rings. The number of benzene rings is 2. The maximum Gasteiger partial charge on any atom is 0.166 e. The Morgan fingerprint density at radius 1 is 1.04 bits per heavy atom. The molecular weight excluding hydrogens is 302 g/mol. The molecule has 4 heteroatoms. The second kappa shape index (κ2) is 7.55. The van der Waals surface area contributed by atoms with E-state index in [1.165, 1.54) is 17.7 Å². The van der Waals surface area contributed by atoms with Crippen LogP contribution < -0.4 is 4.90 Å². The highest BCUT2D eigenvalue weighted by Crippen LogP contribution is 2.28. The van der Waals surface area contributed by atoms with Crippen LogP contribution in [0.25, 0.3) is 11.0 Å². The van der Waals surface area contributed by atoms with Gasteiger partial charge in [-0.15, -0.1) is 0 Å². The predicted octanol–water partition coefficient (Wildman–Crippen LogP) is 5.09. The van der Waals surface area contributed by atoms with Crippen LogP contribution in [0.4, 0.5) is 5.69 Å². The Morgan fingerprint density at radius 2 is 1.83 bits per heavy atom. The van der Waals surface area contributed by atoms with Crippen LogP contribution in [0.15, 0.2) is 53.7 Å². The van der Waals surface area contributed by atoms with Crippen molar-refractivity contribution in [3.63, 3.8) is 0 Å². The average molecular weight is 325 g/mol. The molecule has 0 unspecified atom stereocenters. The first-order chi connectivity index (χ1) is 11.3. The molecule has 0 amide bonds. The number of anilines is 1. The van der Waals surface area contributed by atoms with E-state index in [2.05, 4.69) is 59.0 Å². The Morgan fingerprint density at radius 3 is 2.61 bits per heavy atom. The zero-order valence-corrected chi connectivity index (χ0v) is 14.6. The third kappa shape index (κ3) is 3.70. The largest absolute Gasteiger partial charge is 0.372 e. The Labute approximate surface area is 142 Å². The quantitative estimate of drug-likeness (QED) is 0.614. The normalized spacial score (nSPS) is 11.0. The lowest BCUT2D eigenvalue weighted by molar-refractivity contribution is 0.788. The number of aromatic nitrogens is 2. The molecule has 0 bridgehead atoms.